The van der Waals surface area contributed by atoms with Crippen molar-refractivity contribution in [3.05, 3.63) is 0 Å². The second-order valence-corrected chi connectivity index (χ2v) is 8.72. The van der Waals surface area contributed by atoms with Crippen LogP contribution in [0.5, 0.6) is 0 Å². The monoisotopic (exact) mass is 413 g/mol. The fourth-order valence-corrected chi connectivity index (χ4v) is 3.52. The Labute approximate surface area is 176 Å². The first kappa shape index (κ1) is 27.5. The van der Waals surface area contributed by atoms with Crippen molar-refractivity contribution in [1.82, 2.24) is 5.32 Å². The molecule has 0 spiro atoms. The normalized spacial score (nSPS) is 15.6. The summed E-state index contributed by atoms with van der Waals surface area (Å²) in [5, 5.41) is 12.4. The van der Waals surface area contributed by atoms with Crippen molar-refractivity contribution >= 4 is 17.7 Å². The molecule has 170 valence electrons. The van der Waals surface area contributed by atoms with E-state index in [0.717, 1.165) is 44.9 Å². The van der Waals surface area contributed by atoms with Gasteiger partial charge in [-0.05, 0) is 25.2 Å². The number of unbranched alkanes of at least 4 members (excludes halogenated alkanes) is 4. The van der Waals surface area contributed by atoms with Crippen LogP contribution < -0.4 is 16.8 Å². The summed E-state index contributed by atoms with van der Waals surface area (Å²) >= 11 is 0. The molecule has 0 saturated heterocycles. The number of ketones is 1. The van der Waals surface area contributed by atoms with Crippen molar-refractivity contribution in [3.8, 4) is 0 Å². The topological polar surface area (TPSA) is 136 Å². The predicted octanol–water partition coefficient (Wildman–Crippen LogP) is 3.14. The van der Waals surface area contributed by atoms with E-state index in [1.54, 1.807) is 0 Å². The van der Waals surface area contributed by atoms with Crippen LogP contribution in [0.1, 0.15) is 98.3 Å². The van der Waals surface area contributed by atoms with E-state index >= 15 is 0 Å². The van der Waals surface area contributed by atoms with Crippen molar-refractivity contribution in [1.29, 1.82) is 0 Å². The number of hydrogen-bond acceptors (Lipinski definition) is 5. The number of hydrogen-bond donors (Lipinski definition) is 4. The number of rotatable bonds is 17. The van der Waals surface area contributed by atoms with Gasteiger partial charge in [0.05, 0.1) is 0 Å². The van der Waals surface area contributed by atoms with Crippen molar-refractivity contribution < 1.29 is 19.5 Å². The van der Waals surface area contributed by atoms with E-state index < -0.39 is 23.3 Å². The number of aliphatic carboxylic acids is 1. The van der Waals surface area contributed by atoms with Gasteiger partial charge in [-0.25, -0.2) is 4.79 Å². The molecule has 0 aliphatic rings. The number of amides is 1. The number of nitrogens with two attached hydrogens (primary N) is 2. The SMILES string of the molecule is CCCCC[C@H](N)CC(=O)N[C@@H](CCCCC)CC(=O)[C@@](N)(CC(C)C)C(=O)O. The quantitative estimate of drug-likeness (QED) is 0.214. The van der Waals surface area contributed by atoms with E-state index in [-0.39, 0.29) is 37.1 Å². The van der Waals surface area contributed by atoms with Gasteiger partial charge < -0.3 is 21.9 Å². The van der Waals surface area contributed by atoms with Crippen LogP contribution in [-0.2, 0) is 14.4 Å². The highest BCUT2D eigenvalue weighted by Crippen LogP contribution is 2.20. The second kappa shape index (κ2) is 14.5. The minimum absolute atomic E-state index is 0.0331. The first-order chi connectivity index (χ1) is 13.6. The van der Waals surface area contributed by atoms with Gasteiger partial charge in [-0.3, -0.25) is 9.59 Å². The first-order valence-corrected chi connectivity index (χ1v) is 11.2. The van der Waals surface area contributed by atoms with Gasteiger partial charge in [-0.2, -0.15) is 0 Å². The van der Waals surface area contributed by atoms with Gasteiger partial charge in [0.15, 0.2) is 11.3 Å². The summed E-state index contributed by atoms with van der Waals surface area (Å²) in [6, 6.07) is -0.624. The molecule has 0 heterocycles. The molecule has 3 atom stereocenters. The maximum absolute atomic E-state index is 12.8. The molecule has 1 amide bonds. The van der Waals surface area contributed by atoms with E-state index in [1.165, 1.54) is 0 Å². The number of nitrogens with one attached hydrogen (secondary N) is 1. The highest BCUT2D eigenvalue weighted by Gasteiger charge is 2.42. The molecule has 0 aliphatic heterocycles. The zero-order valence-corrected chi connectivity index (χ0v) is 18.8. The molecule has 29 heavy (non-hydrogen) atoms. The van der Waals surface area contributed by atoms with E-state index in [2.05, 4.69) is 19.2 Å². The molecule has 0 fully saturated rings. The molecule has 0 bridgehead atoms. The maximum Gasteiger partial charge on any atom is 0.331 e. The van der Waals surface area contributed by atoms with Crippen molar-refractivity contribution in [2.45, 2.75) is 116 Å². The lowest BCUT2D eigenvalue weighted by Gasteiger charge is -2.28. The third-order valence-corrected chi connectivity index (χ3v) is 5.19. The molecule has 0 radical (unpaired) electrons. The second-order valence-electron chi connectivity index (χ2n) is 8.72. The molecule has 0 aliphatic carbocycles. The molecular weight excluding hydrogens is 370 g/mol. The number of carbonyl (C=O) groups excluding carboxylic acids is 2. The summed E-state index contributed by atoms with van der Waals surface area (Å²) in [6.45, 7) is 7.85. The van der Waals surface area contributed by atoms with Crippen LogP contribution in [0.4, 0.5) is 0 Å². The van der Waals surface area contributed by atoms with E-state index in [0.29, 0.717) is 6.42 Å². The van der Waals surface area contributed by atoms with Crippen molar-refractivity contribution in [2.24, 2.45) is 17.4 Å². The summed E-state index contributed by atoms with van der Waals surface area (Å²) in [5.74, 6) is -2.07. The number of Topliss-reactive ketones (excluding diaryl/α,β-unsaturated/α-hetero) is 1. The minimum Gasteiger partial charge on any atom is -0.480 e. The lowest BCUT2D eigenvalue weighted by molar-refractivity contribution is -0.149. The average Bonchev–Trinajstić information content (AvgIpc) is 2.60. The molecule has 0 unspecified atom stereocenters. The highest BCUT2D eigenvalue weighted by atomic mass is 16.4. The van der Waals surface area contributed by atoms with Gasteiger partial charge >= 0.3 is 5.97 Å². The van der Waals surface area contributed by atoms with Crippen LogP contribution in [0.15, 0.2) is 0 Å². The summed E-state index contributed by atoms with van der Waals surface area (Å²) in [5.41, 5.74) is 10.1. The van der Waals surface area contributed by atoms with E-state index in [1.807, 2.05) is 13.8 Å². The fraction of sp³-hybridized carbons (Fsp3) is 0.864. The zero-order chi connectivity index (χ0) is 22.4. The van der Waals surface area contributed by atoms with Gasteiger partial charge in [0.2, 0.25) is 5.91 Å². The molecule has 6 N–H and O–H groups in total. The lowest BCUT2D eigenvalue weighted by atomic mass is 9.82. The maximum atomic E-state index is 12.8. The molecule has 0 aromatic carbocycles. The summed E-state index contributed by atoms with van der Waals surface area (Å²) in [6.07, 6.45) is 7.65. The molecular formula is C22H43N3O4. The van der Waals surface area contributed by atoms with Crippen LogP contribution in [0.25, 0.3) is 0 Å². The zero-order valence-electron chi connectivity index (χ0n) is 18.8. The van der Waals surface area contributed by atoms with Crippen LogP contribution in [0, 0.1) is 5.92 Å². The Morgan fingerprint density at radius 2 is 1.52 bits per heavy atom. The minimum atomic E-state index is -1.92. The molecule has 0 rings (SSSR count). The molecule has 7 heteroatoms. The number of carboxylic acid groups (broad SMARTS) is 1. The summed E-state index contributed by atoms with van der Waals surface area (Å²) in [4.78, 5) is 36.9. The number of carbonyl (C=O) groups is 3. The Morgan fingerprint density at radius 1 is 0.966 bits per heavy atom. The van der Waals surface area contributed by atoms with E-state index in [9.17, 15) is 19.5 Å². The summed E-state index contributed by atoms with van der Waals surface area (Å²) in [7, 11) is 0. The van der Waals surface area contributed by atoms with Crippen LogP contribution in [0.3, 0.4) is 0 Å². The van der Waals surface area contributed by atoms with Crippen molar-refractivity contribution in [3.63, 3.8) is 0 Å². The molecule has 0 aromatic heterocycles. The fourth-order valence-electron chi connectivity index (χ4n) is 3.52. The van der Waals surface area contributed by atoms with Crippen molar-refractivity contribution in [2.75, 3.05) is 0 Å². The third-order valence-electron chi connectivity index (χ3n) is 5.19. The average molecular weight is 414 g/mol. The molecule has 0 saturated carbocycles. The van der Waals surface area contributed by atoms with Crippen LogP contribution in [0.2, 0.25) is 0 Å². The lowest BCUT2D eigenvalue weighted by Crippen LogP contribution is -2.57. The predicted molar refractivity (Wildman–Crippen MR) is 116 cm³/mol. The smallest absolute Gasteiger partial charge is 0.331 e. The van der Waals surface area contributed by atoms with Gasteiger partial charge in [0.25, 0.3) is 0 Å². The Kier molecular flexibility index (Phi) is 13.8. The Morgan fingerprint density at radius 3 is 2.00 bits per heavy atom. The molecule has 0 aromatic rings. The largest absolute Gasteiger partial charge is 0.480 e. The summed E-state index contributed by atoms with van der Waals surface area (Å²) < 4.78 is 0. The Balaban J connectivity index is 5.00. The van der Waals surface area contributed by atoms with Gasteiger partial charge in [-0.15, -0.1) is 0 Å². The highest BCUT2D eigenvalue weighted by molar-refractivity contribution is 6.07. The van der Waals surface area contributed by atoms with E-state index in [4.69, 9.17) is 11.5 Å². The Hall–Kier alpha value is -1.47. The third kappa shape index (κ3) is 11.3. The van der Waals surface area contributed by atoms with Gasteiger partial charge in [0.1, 0.15) is 0 Å². The standard InChI is InChI=1S/C22H43N3O4/c1-5-7-9-11-17(23)13-20(27)25-18(12-10-8-6-2)14-19(26)22(24,21(28)29)15-16(3)4/h16-18H,5-15,23-24H2,1-4H3,(H,25,27)(H,28,29)/t17-,18-,22-/m0/s1. The van der Waals surface area contributed by atoms with Crippen LogP contribution >= 0.6 is 0 Å². The van der Waals surface area contributed by atoms with Crippen LogP contribution in [-0.4, -0.2) is 40.4 Å². The molecule has 7 nitrogen and oxygen atoms in total. The Bertz CT molecular complexity index is 510. The van der Waals surface area contributed by atoms with Gasteiger partial charge in [-0.1, -0.05) is 66.2 Å². The van der Waals surface area contributed by atoms with Gasteiger partial charge in [0, 0.05) is 24.9 Å². The number of carboxylic acids is 1. The first-order valence-electron chi connectivity index (χ1n) is 11.2.